The molecule has 4 heteroatoms. The second-order valence-electron chi connectivity index (χ2n) is 4.93. The summed E-state index contributed by atoms with van der Waals surface area (Å²) >= 11 is 0. The van der Waals surface area contributed by atoms with E-state index in [-0.39, 0.29) is 0 Å². The summed E-state index contributed by atoms with van der Waals surface area (Å²) in [7, 11) is 3.89. The third-order valence-electron chi connectivity index (χ3n) is 3.66. The Balaban J connectivity index is 1.80. The predicted octanol–water partition coefficient (Wildman–Crippen LogP) is 1.66. The zero-order valence-electron chi connectivity index (χ0n) is 11.4. The lowest BCUT2D eigenvalue weighted by Gasteiger charge is -2.32. The van der Waals surface area contributed by atoms with E-state index in [2.05, 4.69) is 28.3 Å². The van der Waals surface area contributed by atoms with Crippen LogP contribution in [0.1, 0.15) is 24.8 Å². The molecule has 4 nitrogen and oxygen atoms in total. The Morgan fingerprint density at radius 1 is 1.50 bits per heavy atom. The van der Waals surface area contributed by atoms with Gasteiger partial charge in [-0.15, -0.1) is 0 Å². The number of nitrogens with zero attached hydrogens (tertiary/aromatic N) is 2. The minimum atomic E-state index is 0.668. The van der Waals surface area contributed by atoms with Crippen LogP contribution in [0.25, 0.3) is 0 Å². The van der Waals surface area contributed by atoms with Gasteiger partial charge < -0.3 is 15.0 Å². The molecule has 0 radical (unpaired) electrons. The molecule has 100 valence electrons. The molecule has 2 rings (SSSR count). The monoisotopic (exact) mass is 249 g/mol. The molecular formula is C14H23N3O. The molecule has 1 saturated heterocycles. The van der Waals surface area contributed by atoms with Crippen molar-refractivity contribution in [2.75, 3.05) is 27.2 Å². The molecule has 1 aromatic rings. The lowest BCUT2D eigenvalue weighted by atomic mass is 10.0. The molecule has 0 aliphatic carbocycles. The first kappa shape index (κ1) is 13.3. The normalized spacial score (nSPS) is 20.9. The Hall–Kier alpha value is -1.13. The molecule has 0 spiro atoms. The van der Waals surface area contributed by atoms with E-state index in [1.54, 1.807) is 13.3 Å². The molecule has 2 heterocycles. The van der Waals surface area contributed by atoms with E-state index < -0.39 is 0 Å². The zero-order chi connectivity index (χ0) is 12.8. The maximum absolute atomic E-state index is 5.25. The number of likely N-dealkylation sites (N-methyl/N-ethyl adjacent to an activating group) is 1. The summed E-state index contributed by atoms with van der Waals surface area (Å²) in [6.45, 7) is 3.08. The van der Waals surface area contributed by atoms with Crippen LogP contribution in [0.15, 0.2) is 18.3 Å². The average molecular weight is 249 g/mol. The van der Waals surface area contributed by atoms with Gasteiger partial charge in [-0.1, -0.05) is 12.5 Å². The molecule has 0 aromatic carbocycles. The van der Waals surface area contributed by atoms with Gasteiger partial charge >= 0.3 is 0 Å². The molecule has 1 aromatic heterocycles. The number of rotatable bonds is 5. The predicted molar refractivity (Wildman–Crippen MR) is 72.8 cm³/mol. The van der Waals surface area contributed by atoms with Gasteiger partial charge in [0, 0.05) is 30.9 Å². The van der Waals surface area contributed by atoms with E-state index in [0.29, 0.717) is 6.04 Å². The number of ether oxygens (including phenoxy) is 1. The summed E-state index contributed by atoms with van der Waals surface area (Å²) in [6.07, 6.45) is 5.75. The molecule has 1 N–H and O–H groups in total. The van der Waals surface area contributed by atoms with Crippen molar-refractivity contribution in [3.8, 4) is 5.88 Å². The van der Waals surface area contributed by atoms with Crippen molar-refractivity contribution in [1.82, 2.24) is 15.2 Å². The number of piperidine rings is 1. The van der Waals surface area contributed by atoms with Gasteiger partial charge in [0.15, 0.2) is 0 Å². The Labute approximate surface area is 109 Å². The number of nitrogens with one attached hydrogen (secondary N) is 1. The highest BCUT2D eigenvalue weighted by molar-refractivity contribution is 5.24. The van der Waals surface area contributed by atoms with Gasteiger partial charge in [0.05, 0.1) is 7.11 Å². The highest BCUT2D eigenvalue weighted by atomic mass is 16.5. The third kappa shape index (κ3) is 3.43. The fraction of sp³-hybridized carbons (Fsp3) is 0.643. The number of methoxy groups -OCH3 is 1. The summed E-state index contributed by atoms with van der Waals surface area (Å²) in [4.78, 5) is 6.66. The minimum Gasteiger partial charge on any atom is -0.481 e. The largest absolute Gasteiger partial charge is 0.481 e. The van der Waals surface area contributed by atoms with Gasteiger partial charge in [-0.25, -0.2) is 4.98 Å². The molecule has 1 atom stereocenters. The van der Waals surface area contributed by atoms with Gasteiger partial charge in [0.25, 0.3) is 0 Å². The number of hydrogen-bond donors (Lipinski definition) is 1. The molecule has 1 aliphatic heterocycles. The molecule has 0 bridgehead atoms. The van der Waals surface area contributed by atoms with Gasteiger partial charge in [0.2, 0.25) is 5.88 Å². The van der Waals surface area contributed by atoms with E-state index in [1.165, 1.54) is 25.8 Å². The van der Waals surface area contributed by atoms with E-state index in [1.807, 2.05) is 6.07 Å². The number of pyridine rings is 1. The Kier molecular flexibility index (Phi) is 4.96. The maximum Gasteiger partial charge on any atom is 0.217 e. The first-order valence-electron chi connectivity index (χ1n) is 6.70. The Bertz CT molecular complexity index is 370. The Morgan fingerprint density at radius 2 is 2.39 bits per heavy atom. The summed E-state index contributed by atoms with van der Waals surface area (Å²) in [6, 6.07) is 4.68. The molecule has 18 heavy (non-hydrogen) atoms. The van der Waals surface area contributed by atoms with Crippen molar-refractivity contribution in [1.29, 1.82) is 0 Å². The first-order chi connectivity index (χ1) is 8.81. The van der Waals surface area contributed by atoms with Gasteiger partial charge in [0.1, 0.15) is 0 Å². The van der Waals surface area contributed by atoms with Gasteiger partial charge in [-0.2, -0.15) is 0 Å². The highest BCUT2D eigenvalue weighted by Gasteiger charge is 2.18. The summed E-state index contributed by atoms with van der Waals surface area (Å²) in [5.74, 6) is 0.724. The SMILES string of the molecule is COc1ncccc1CNCC1CCCCN1C. The van der Waals surface area contributed by atoms with Crippen LogP contribution in [-0.2, 0) is 6.54 Å². The molecule has 1 aliphatic rings. The van der Waals surface area contributed by atoms with Crippen molar-refractivity contribution < 1.29 is 4.74 Å². The van der Waals surface area contributed by atoms with E-state index in [4.69, 9.17) is 4.74 Å². The van der Waals surface area contributed by atoms with Crippen LogP contribution in [0.2, 0.25) is 0 Å². The van der Waals surface area contributed by atoms with Gasteiger partial charge in [-0.05, 0) is 32.5 Å². The highest BCUT2D eigenvalue weighted by Crippen LogP contribution is 2.15. The fourth-order valence-electron chi connectivity index (χ4n) is 2.52. The summed E-state index contributed by atoms with van der Waals surface area (Å²) in [5.41, 5.74) is 1.12. The summed E-state index contributed by atoms with van der Waals surface area (Å²) < 4.78 is 5.25. The van der Waals surface area contributed by atoms with E-state index >= 15 is 0 Å². The molecule has 0 amide bonds. The molecule has 1 fully saturated rings. The third-order valence-corrected chi connectivity index (χ3v) is 3.66. The fourth-order valence-corrected chi connectivity index (χ4v) is 2.52. The minimum absolute atomic E-state index is 0.668. The van der Waals surface area contributed by atoms with Crippen LogP contribution in [0.5, 0.6) is 5.88 Å². The standard InChI is InChI=1S/C14H23N3O/c1-17-9-4-3-7-13(17)11-15-10-12-6-5-8-16-14(12)18-2/h5-6,8,13,15H,3-4,7,9-11H2,1-2H3. The zero-order valence-corrected chi connectivity index (χ0v) is 11.4. The molecular weight excluding hydrogens is 226 g/mol. The van der Waals surface area contributed by atoms with Crippen LogP contribution in [0, 0.1) is 0 Å². The summed E-state index contributed by atoms with van der Waals surface area (Å²) in [5, 5.41) is 3.51. The topological polar surface area (TPSA) is 37.4 Å². The van der Waals surface area contributed by atoms with E-state index in [0.717, 1.165) is 24.5 Å². The van der Waals surface area contributed by atoms with Crippen molar-refractivity contribution in [3.05, 3.63) is 23.9 Å². The van der Waals surface area contributed by atoms with Crippen molar-refractivity contribution in [2.45, 2.75) is 31.8 Å². The van der Waals surface area contributed by atoms with Crippen molar-refractivity contribution in [2.24, 2.45) is 0 Å². The quantitative estimate of drug-likeness (QED) is 0.861. The van der Waals surface area contributed by atoms with Crippen LogP contribution >= 0.6 is 0 Å². The Morgan fingerprint density at radius 3 is 3.17 bits per heavy atom. The van der Waals surface area contributed by atoms with E-state index in [9.17, 15) is 0 Å². The number of aromatic nitrogens is 1. The van der Waals surface area contributed by atoms with Crippen LogP contribution in [0.3, 0.4) is 0 Å². The van der Waals surface area contributed by atoms with Crippen LogP contribution in [0.4, 0.5) is 0 Å². The molecule has 1 unspecified atom stereocenters. The number of likely N-dealkylation sites (tertiary alicyclic amines) is 1. The number of hydrogen-bond acceptors (Lipinski definition) is 4. The lowest BCUT2D eigenvalue weighted by molar-refractivity contribution is 0.181. The van der Waals surface area contributed by atoms with Crippen molar-refractivity contribution >= 4 is 0 Å². The van der Waals surface area contributed by atoms with Crippen molar-refractivity contribution in [3.63, 3.8) is 0 Å². The maximum atomic E-state index is 5.25. The van der Waals surface area contributed by atoms with Gasteiger partial charge in [-0.3, -0.25) is 0 Å². The first-order valence-corrected chi connectivity index (χ1v) is 6.70. The average Bonchev–Trinajstić information content (AvgIpc) is 2.41. The van der Waals surface area contributed by atoms with Crippen LogP contribution in [-0.4, -0.2) is 43.2 Å². The molecule has 0 saturated carbocycles. The lowest BCUT2D eigenvalue weighted by Crippen LogP contribution is -2.42. The second-order valence-corrected chi connectivity index (χ2v) is 4.93. The smallest absolute Gasteiger partial charge is 0.217 e. The second kappa shape index (κ2) is 6.71. The van der Waals surface area contributed by atoms with Crippen LogP contribution < -0.4 is 10.1 Å².